The van der Waals surface area contributed by atoms with Gasteiger partial charge in [-0.2, -0.15) is 0 Å². The number of rotatable bonds is 7. The molecule has 1 aliphatic carbocycles. The molecule has 0 aliphatic heterocycles. The summed E-state index contributed by atoms with van der Waals surface area (Å²) in [6.07, 6.45) is 14.8. The van der Waals surface area contributed by atoms with Crippen LogP contribution in [-0.4, -0.2) is 0 Å². The summed E-state index contributed by atoms with van der Waals surface area (Å²) < 4.78 is 0. The molecule has 0 aromatic rings. The van der Waals surface area contributed by atoms with Gasteiger partial charge >= 0.3 is 0 Å². The number of quaternary nitrogens is 1. The molecule has 0 unspecified atom stereocenters. The van der Waals surface area contributed by atoms with Gasteiger partial charge in [-0.05, 0) is 31.1 Å². The van der Waals surface area contributed by atoms with Crippen LogP contribution in [0.3, 0.4) is 0 Å². The molecule has 14 heavy (non-hydrogen) atoms. The fourth-order valence-corrected chi connectivity index (χ4v) is 2.76. The summed E-state index contributed by atoms with van der Waals surface area (Å²) in [5.74, 6) is 0. The molecule has 1 nitrogen and oxygen atoms in total. The van der Waals surface area contributed by atoms with Crippen LogP contribution in [0.15, 0.2) is 0 Å². The molecule has 0 amide bonds. The quantitative estimate of drug-likeness (QED) is 0.541. The Morgan fingerprint density at radius 2 is 1.57 bits per heavy atom. The average Bonchev–Trinajstić information content (AvgIpc) is 2.08. The Kier molecular flexibility index (Phi) is 7.26. The average molecular weight is 200 g/mol. The first kappa shape index (κ1) is 14.0. The number of unbranched alkanes of at least 4 members (excludes halogenated alkanes) is 3. The first-order valence-corrected chi connectivity index (χ1v) is 6.33. The molecule has 0 aromatic heterocycles. The predicted octanol–water partition coefficient (Wildman–Crippen LogP) is 5.30. The van der Waals surface area contributed by atoms with E-state index in [9.17, 15) is 0 Å². The summed E-state index contributed by atoms with van der Waals surface area (Å²) in [5, 5.41) is 0. The van der Waals surface area contributed by atoms with E-state index in [0.29, 0.717) is 0 Å². The van der Waals surface area contributed by atoms with Gasteiger partial charge in [0.05, 0.1) is 0 Å². The minimum absolute atomic E-state index is 0. The third kappa shape index (κ3) is 4.00. The molecule has 0 bridgehead atoms. The summed E-state index contributed by atoms with van der Waals surface area (Å²) in [6.45, 7) is 4.64. The van der Waals surface area contributed by atoms with E-state index in [1.165, 1.54) is 64.2 Å². The molecule has 1 fully saturated rings. The molecule has 1 rings (SSSR count). The molecular formula is C13H30N+. The maximum atomic E-state index is 2.34. The lowest BCUT2D eigenvalue weighted by molar-refractivity contribution is 0.101. The van der Waals surface area contributed by atoms with Gasteiger partial charge in [0.25, 0.3) is 0 Å². The van der Waals surface area contributed by atoms with Gasteiger partial charge in [0.2, 0.25) is 0 Å². The van der Waals surface area contributed by atoms with Crippen molar-refractivity contribution in [3.63, 3.8) is 0 Å². The van der Waals surface area contributed by atoms with Crippen LogP contribution < -0.4 is 6.15 Å². The van der Waals surface area contributed by atoms with E-state index < -0.39 is 0 Å². The maximum absolute atomic E-state index is 2.34. The Morgan fingerprint density at radius 3 is 2.00 bits per heavy atom. The molecule has 86 valence electrons. The molecule has 1 saturated carbocycles. The summed E-state index contributed by atoms with van der Waals surface area (Å²) in [7, 11) is 0. The first-order valence-electron chi connectivity index (χ1n) is 6.33. The summed E-state index contributed by atoms with van der Waals surface area (Å²) in [4.78, 5) is 0. The minimum Gasteiger partial charge on any atom is -0.369 e. The lowest BCUT2D eigenvalue weighted by Crippen LogP contribution is -2.28. The second-order valence-electron chi connectivity index (χ2n) is 4.91. The molecule has 0 aromatic carbocycles. The third-order valence-corrected chi connectivity index (χ3v) is 3.76. The normalized spacial score (nSPS) is 18.4. The zero-order valence-corrected chi connectivity index (χ0v) is 10.6. The summed E-state index contributed by atoms with van der Waals surface area (Å²) in [6, 6.07) is 0. The predicted molar refractivity (Wildman–Crippen MR) is 65.9 cm³/mol. The maximum Gasteiger partial charge on any atom is -0.0298 e. The van der Waals surface area contributed by atoms with Crippen LogP contribution in [0.25, 0.3) is 0 Å². The standard InChI is InChI=1S/C13H26.H3N/c1-3-5-6-7-10-13(9-4-2)11-8-12-13;/h3-12H2,1-2H3;1H3/p+1. The molecule has 1 aliphatic rings. The third-order valence-electron chi connectivity index (χ3n) is 3.76. The van der Waals surface area contributed by atoms with Crippen molar-refractivity contribution in [1.29, 1.82) is 0 Å². The van der Waals surface area contributed by atoms with Crippen LogP contribution in [0, 0.1) is 5.41 Å². The highest BCUT2D eigenvalue weighted by molar-refractivity contribution is 4.86. The lowest BCUT2D eigenvalue weighted by atomic mass is 9.63. The fraction of sp³-hybridized carbons (Fsp3) is 1.00. The van der Waals surface area contributed by atoms with Crippen molar-refractivity contribution >= 4 is 0 Å². The van der Waals surface area contributed by atoms with Gasteiger partial charge < -0.3 is 6.15 Å². The van der Waals surface area contributed by atoms with Gasteiger partial charge in [0.15, 0.2) is 0 Å². The van der Waals surface area contributed by atoms with Crippen LogP contribution in [0.1, 0.15) is 78.1 Å². The van der Waals surface area contributed by atoms with Gasteiger partial charge in [-0.15, -0.1) is 0 Å². The van der Waals surface area contributed by atoms with Gasteiger partial charge in [-0.1, -0.05) is 52.4 Å². The Bertz CT molecular complexity index is 127. The molecule has 0 heterocycles. The summed E-state index contributed by atoms with van der Waals surface area (Å²) >= 11 is 0. The smallest absolute Gasteiger partial charge is 0.0298 e. The molecule has 0 spiro atoms. The molecule has 0 atom stereocenters. The minimum atomic E-state index is 0. The number of hydrogen-bond donors (Lipinski definition) is 1. The monoisotopic (exact) mass is 200 g/mol. The lowest BCUT2D eigenvalue weighted by Gasteiger charge is -2.42. The van der Waals surface area contributed by atoms with E-state index in [2.05, 4.69) is 13.8 Å². The van der Waals surface area contributed by atoms with Crippen LogP contribution in [0.4, 0.5) is 0 Å². The van der Waals surface area contributed by atoms with Crippen molar-refractivity contribution in [1.82, 2.24) is 6.15 Å². The Labute approximate surface area is 90.2 Å². The van der Waals surface area contributed by atoms with Crippen molar-refractivity contribution in [2.75, 3.05) is 0 Å². The van der Waals surface area contributed by atoms with E-state index in [1.807, 2.05) is 0 Å². The highest BCUT2D eigenvalue weighted by Gasteiger charge is 2.34. The SMILES string of the molecule is CCCCCCC1(CCC)CCC1.[NH4+]. The van der Waals surface area contributed by atoms with E-state index >= 15 is 0 Å². The van der Waals surface area contributed by atoms with Crippen LogP contribution >= 0.6 is 0 Å². The zero-order valence-electron chi connectivity index (χ0n) is 10.6. The Balaban J connectivity index is 0.00000169. The number of hydrogen-bond acceptors (Lipinski definition) is 0. The Hall–Kier alpha value is -0.0400. The summed E-state index contributed by atoms with van der Waals surface area (Å²) in [5.41, 5.74) is 0.822. The van der Waals surface area contributed by atoms with Gasteiger partial charge in [0, 0.05) is 0 Å². The highest BCUT2D eigenvalue weighted by atomic mass is 14.4. The van der Waals surface area contributed by atoms with Crippen molar-refractivity contribution in [3.05, 3.63) is 0 Å². The molecule has 1 heteroatoms. The Morgan fingerprint density at radius 1 is 0.857 bits per heavy atom. The molecule has 0 radical (unpaired) electrons. The zero-order chi connectivity index (χ0) is 9.57. The fourth-order valence-electron chi connectivity index (χ4n) is 2.76. The van der Waals surface area contributed by atoms with E-state index in [-0.39, 0.29) is 6.15 Å². The molecule has 4 N–H and O–H groups in total. The largest absolute Gasteiger partial charge is 0.369 e. The van der Waals surface area contributed by atoms with E-state index in [0.717, 1.165) is 5.41 Å². The van der Waals surface area contributed by atoms with Gasteiger partial charge in [-0.3, -0.25) is 0 Å². The second-order valence-corrected chi connectivity index (χ2v) is 4.91. The second kappa shape index (κ2) is 7.28. The van der Waals surface area contributed by atoms with Crippen molar-refractivity contribution in [2.24, 2.45) is 5.41 Å². The molecular weight excluding hydrogens is 170 g/mol. The first-order chi connectivity index (χ1) is 6.33. The van der Waals surface area contributed by atoms with Crippen molar-refractivity contribution < 1.29 is 0 Å². The van der Waals surface area contributed by atoms with E-state index in [1.54, 1.807) is 0 Å². The highest BCUT2D eigenvalue weighted by Crippen LogP contribution is 2.48. The van der Waals surface area contributed by atoms with Crippen LogP contribution in [0.2, 0.25) is 0 Å². The van der Waals surface area contributed by atoms with Crippen molar-refractivity contribution in [3.8, 4) is 0 Å². The topological polar surface area (TPSA) is 36.5 Å². The molecule has 0 saturated heterocycles. The van der Waals surface area contributed by atoms with Gasteiger partial charge in [-0.25, -0.2) is 0 Å². The van der Waals surface area contributed by atoms with Crippen LogP contribution in [-0.2, 0) is 0 Å². The van der Waals surface area contributed by atoms with E-state index in [4.69, 9.17) is 0 Å². The van der Waals surface area contributed by atoms with Gasteiger partial charge in [0.1, 0.15) is 0 Å². The van der Waals surface area contributed by atoms with Crippen LogP contribution in [0.5, 0.6) is 0 Å². The van der Waals surface area contributed by atoms with Crippen molar-refractivity contribution in [2.45, 2.75) is 78.1 Å².